The van der Waals surface area contributed by atoms with Gasteiger partial charge in [-0.05, 0) is 19.3 Å². The largest absolute Gasteiger partial charge is 0.294 e. The molecule has 1 aromatic carbocycles. The highest BCUT2D eigenvalue weighted by Gasteiger charge is 2.41. The minimum Gasteiger partial charge on any atom is -0.294 e. The van der Waals surface area contributed by atoms with Crippen molar-refractivity contribution in [2.45, 2.75) is 40.3 Å². The van der Waals surface area contributed by atoms with E-state index in [0.717, 1.165) is 0 Å². The molecule has 0 bridgehead atoms. The van der Waals surface area contributed by atoms with E-state index < -0.39 is 11.1 Å². The predicted octanol–water partition coefficient (Wildman–Crippen LogP) is 4.12. The number of carbonyl (C=O) groups excluding carboxylic acids is 1. The molecule has 0 aliphatic rings. The second-order valence-corrected chi connectivity index (χ2v) is 5.35. The van der Waals surface area contributed by atoms with Crippen LogP contribution in [0, 0.1) is 5.41 Å². The second-order valence-electron chi connectivity index (χ2n) is 5.35. The molecule has 2 heteroatoms. The van der Waals surface area contributed by atoms with Gasteiger partial charge in [0.15, 0.2) is 5.78 Å². The Balaban J connectivity index is 3.39. The number of halogens is 1. The SMILES string of the molecule is CC(=O)c1ccccc1C(C)(F)C(C)(C)C. The standard InChI is InChI=1S/C14H19FO/c1-10(16)11-8-6-7-9-12(11)14(5,15)13(2,3)4/h6-9H,1-5H3. The van der Waals surface area contributed by atoms with E-state index in [-0.39, 0.29) is 5.78 Å². The lowest BCUT2D eigenvalue weighted by Gasteiger charge is -2.36. The summed E-state index contributed by atoms with van der Waals surface area (Å²) in [7, 11) is 0. The summed E-state index contributed by atoms with van der Waals surface area (Å²) in [6, 6.07) is 6.91. The molecule has 0 saturated heterocycles. The molecule has 1 aromatic rings. The molecule has 0 aliphatic heterocycles. The van der Waals surface area contributed by atoms with Gasteiger partial charge in [0.1, 0.15) is 5.67 Å². The predicted molar refractivity (Wildman–Crippen MR) is 64.4 cm³/mol. The van der Waals surface area contributed by atoms with Gasteiger partial charge < -0.3 is 0 Å². The zero-order valence-electron chi connectivity index (χ0n) is 10.6. The number of alkyl halides is 1. The van der Waals surface area contributed by atoms with Crippen LogP contribution in [0.25, 0.3) is 0 Å². The fourth-order valence-corrected chi connectivity index (χ4v) is 1.60. The summed E-state index contributed by atoms with van der Waals surface area (Å²) in [5.41, 5.74) is -1.11. The highest BCUT2D eigenvalue weighted by Crippen LogP contribution is 2.43. The molecule has 0 N–H and O–H groups in total. The Hall–Kier alpha value is -1.18. The van der Waals surface area contributed by atoms with Gasteiger partial charge in [-0.3, -0.25) is 4.79 Å². The molecule has 1 nitrogen and oxygen atoms in total. The number of rotatable bonds is 2. The molecule has 0 fully saturated rings. The maximum Gasteiger partial charge on any atom is 0.160 e. The van der Waals surface area contributed by atoms with Gasteiger partial charge in [0.2, 0.25) is 0 Å². The van der Waals surface area contributed by atoms with Gasteiger partial charge in [0.25, 0.3) is 0 Å². The number of hydrogen-bond donors (Lipinski definition) is 0. The average Bonchev–Trinajstić information content (AvgIpc) is 2.16. The molecular weight excluding hydrogens is 203 g/mol. The van der Waals surface area contributed by atoms with Crippen LogP contribution in [0.2, 0.25) is 0 Å². The monoisotopic (exact) mass is 222 g/mol. The van der Waals surface area contributed by atoms with Gasteiger partial charge in [-0.2, -0.15) is 0 Å². The first-order chi connectivity index (χ1) is 7.18. The first-order valence-electron chi connectivity index (χ1n) is 5.47. The number of benzene rings is 1. The lowest BCUT2D eigenvalue weighted by molar-refractivity contribution is 0.0441. The first-order valence-corrected chi connectivity index (χ1v) is 5.47. The fourth-order valence-electron chi connectivity index (χ4n) is 1.60. The minimum atomic E-state index is -1.52. The molecule has 0 aliphatic carbocycles. The van der Waals surface area contributed by atoms with E-state index in [0.29, 0.717) is 11.1 Å². The van der Waals surface area contributed by atoms with Crippen LogP contribution in [0.3, 0.4) is 0 Å². The molecular formula is C14H19FO. The quantitative estimate of drug-likeness (QED) is 0.688. The van der Waals surface area contributed by atoms with Gasteiger partial charge in [0.05, 0.1) is 0 Å². The summed E-state index contributed by atoms with van der Waals surface area (Å²) in [6.07, 6.45) is 0. The molecule has 88 valence electrons. The van der Waals surface area contributed by atoms with E-state index in [4.69, 9.17) is 0 Å². The van der Waals surface area contributed by atoms with E-state index in [1.165, 1.54) is 13.8 Å². The Morgan fingerprint density at radius 2 is 1.62 bits per heavy atom. The minimum absolute atomic E-state index is 0.0938. The molecule has 0 aromatic heterocycles. The van der Waals surface area contributed by atoms with Crippen LogP contribution in [0.15, 0.2) is 24.3 Å². The first kappa shape index (κ1) is 12.9. The summed E-state index contributed by atoms with van der Waals surface area (Å²) in [5, 5.41) is 0. The molecule has 0 spiro atoms. The Bertz CT molecular complexity index is 399. The maximum absolute atomic E-state index is 14.8. The third-order valence-electron chi connectivity index (χ3n) is 3.22. The Labute approximate surface area is 96.7 Å². The normalized spacial score (nSPS) is 15.6. The van der Waals surface area contributed by atoms with Crippen LogP contribution in [-0.2, 0) is 5.67 Å². The maximum atomic E-state index is 14.8. The van der Waals surface area contributed by atoms with Crippen molar-refractivity contribution in [3.63, 3.8) is 0 Å². The number of hydrogen-bond acceptors (Lipinski definition) is 1. The zero-order chi connectivity index (χ0) is 12.6. The third-order valence-corrected chi connectivity index (χ3v) is 3.22. The highest BCUT2D eigenvalue weighted by atomic mass is 19.1. The Morgan fingerprint density at radius 3 is 2.06 bits per heavy atom. The highest BCUT2D eigenvalue weighted by molar-refractivity contribution is 5.95. The van der Waals surface area contributed by atoms with Crippen molar-refractivity contribution in [3.8, 4) is 0 Å². The van der Waals surface area contributed by atoms with Crippen molar-refractivity contribution < 1.29 is 9.18 Å². The summed E-state index contributed by atoms with van der Waals surface area (Å²) >= 11 is 0. The van der Waals surface area contributed by atoms with Crippen LogP contribution in [0.5, 0.6) is 0 Å². The molecule has 0 amide bonds. The summed E-state index contributed by atoms with van der Waals surface area (Å²) in [4.78, 5) is 11.5. The van der Waals surface area contributed by atoms with Gasteiger partial charge in [-0.15, -0.1) is 0 Å². The smallest absolute Gasteiger partial charge is 0.160 e. The Morgan fingerprint density at radius 1 is 1.12 bits per heavy atom. The van der Waals surface area contributed by atoms with Crippen molar-refractivity contribution in [1.82, 2.24) is 0 Å². The van der Waals surface area contributed by atoms with Crippen molar-refractivity contribution in [3.05, 3.63) is 35.4 Å². The van der Waals surface area contributed by atoms with Crippen molar-refractivity contribution in [2.24, 2.45) is 5.41 Å². The lowest BCUT2D eigenvalue weighted by Crippen LogP contribution is -2.34. The van der Waals surface area contributed by atoms with E-state index >= 15 is 0 Å². The van der Waals surface area contributed by atoms with Crippen molar-refractivity contribution in [2.75, 3.05) is 0 Å². The van der Waals surface area contributed by atoms with Crippen LogP contribution in [0.4, 0.5) is 4.39 Å². The van der Waals surface area contributed by atoms with Crippen LogP contribution >= 0.6 is 0 Å². The van der Waals surface area contributed by atoms with Gasteiger partial charge >= 0.3 is 0 Å². The Kier molecular flexibility index (Phi) is 3.22. The molecule has 0 radical (unpaired) electrons. The van der Waals surface area contributed by atoms with Crippen LogP contribution in [0.1, 0.15) is 50.5 Å². The van der Waals surface area contributed by atoms with E-state index in [1.807, 2.05) is 20.8 Å². The molecule has 16 heavy (non-hydrogen) atoms. The molecule has 0 heterocycles. The molecule has 1 unspecified atom stereocenters. The summed E-state index contributed by atoms with van der Waals surface area (Å²) in [6.45, 7) is 8.52. The fraction of sp³-hybridized carbons (Fsp3) is 0.500. The lowest BCUT2D eigenvalue weighted by atomic mass is 9.73. The van der Waals surface area contributed by atoms with E-state index in [9.17, 15) is 9.18 Å². The van der Waals surface area contributed by atoms with Crippen LogP contribution in [-0.4, -0.2) is 5.78 Å². The number of ketones is 1. The topological polar surface area (TPSA) is 17.1 Å². The van der Waals surface area contributed by atoms with E-state index in [1.54, 1.807) is 24.3 Å². The van der Waals surface area contributed by atoms with Crippen molar-refractivity contribution >= 4 is 5.78 Å². The van der Waals surface area contributed by atoms with Gasteiger partial charge in [0, 0.05) is 11.1 Å². The summed E-state index contributed by atoms with van der Waals surface area (Å²) in [5.74, 6) is -0.0938. The van der Waals surface area contributed by atoms with Crippen molar-refractivity contribution in [1.29, 1.82) is 0 Å². The van der Waals surface area contributed by atoms with Crippen LogP contribution < -0.4 is 0 Å². The molecule has 1 rings (SSSR count). The number of Topliss-reactive ketones (excluding diaryl/α,β-unsaturated/α-hetero) is 1. The number of carbonyl (C=O) groups is 1. The molecule has 0 saturated carbocycles. The average molecular weight is 222 g/mol. The summed E-state index contributed by atoms with van der Waals surface area (Å²) < 4.78 is 14.8. The second kappa shape index (κ2) is 4.00. The van der Waals surface area contributed by atoms with E-state index in [2.05, 4.69) is 0 Å². The van der Waals surface area contributed by atoms with Gasteiger partial charge in [-0.25, -0.2) is 4.39 Å². The zero-order valence-corrected chi connectivity index (χ0v) is 10.6. The molecule has 1 atom stereocenters. The van der Waals surface area contributed by atoms with Gasteiger partial charge in [-0.1, -0.05) is 45.0 Å². The third kappa shape index (κ3) is 2.16.